The molecule has 0 spiro atoms. The van der Waals surface area contributed by atoms with Crippen molar-refractivity contribution in [1.29, 1.82) is 0 Å². The molecule has 2 aromatic carbocycles. The van der Waals surface area contributed by atoms with Gasteiger partial charge in [0.25, 0.3) is 0 Å². The Hall–Kier alpha value is -3.32. The van der Waals surface area contributed by atoms with Gasteiger partial charge in [0.1, 0.15) is 0 Å². The zero-order valence-corrected chi connectivity index (χ0v) is 17.9. The van der Waals surface area contributed by atoms with Gasteiger partial charge < -0.3 is 19.7 Å². The summed E-state index contributed by atoms with van der Waals surface area (Å²) in [5.41, 5.74) is 2.59. The first-order chi connectivity index (χ1) is 15.1. The topological polar surface area (TPSA) is 67.9 Å². The molecule has 1 aromatic heterocycles. The van der Waals surface area contributed by atoms with Gasteiger partial charge in [0, 0.05) is 28.7 Å². The molecule has 0 saturated carbocycles. The molecule has 0 aliphatic carbocycles. The van der Waals surface area contributed by atoms with Crippen molar-refractivity contribution in [2.75, 3.05) is 17.0 Å². The maximum Gasteiger partial charge on any atom is 0.231 e. The van der Waals surface area contributed by atoms with E-state index in [1.54, 1.807) is 34.4 Å². The molecule has 6 nitrogen and oxygen atoms in total. The second-order valence-corrected chi connectivity index (χ2v) is 8.74. The number of aryl methyl sites for hydroxylation is 1. The first-order valence-electron chi connectivity index (χ1n) is 10.2. The van der Waals surface area contributed by atoms with Gasteiger partial charge in [0.05, 0.1) is 12.0 Å². The van der Waals surface area contributed by atoms with Gasteiger partial charge in [-0.05, 0) is 49.1 Å². The number of amides is 2. The van der Waals surface area contributed by atoms with Gasteiger partial charge in [-0.25, -0.2) is 0 Å². The summed E-state index contributed by atoms with van der Waals surface area (Å²) >= 11 is 1.57. The number of anilines is 2. The highest BCUT2D eigenvalue weighted by Gasteiger charge is 2.42. The summed E-state index contributed by atoms with van der Waals surface area (Å²) in [7, 11) is 0. The summed E-state index contributed by atoms with van der Waals surface area (Å²) in [6.07, 6.45) is 0.828. The van der Waals surface area contributed by atoms with Crippen molar-refractivity contribution >= 4 is 34.5 Å². The maximum absolute atomic E-state index is 13.4. The van der Waals surface area contributed by atoms with Gasteiger partial charge in [-0.15, -0.1) is 11.3 Å². The van der Waals surface area contributed by atoms with Crippen molar-refractivity contribution in [2.24, 2.45) is 5.92 Å². The third-order valence-electron chi connectivity index (χ3n) is 5.72. The van der Waals surface area contributed by atoms with Crippen LogP contribution in [0.15, 0.2) is 60.0 Å². The van der Waals surface area contributed by atoms with Gasteiger partial charge in [0.15, 0.2) is 11.5 Å². The van der Waals surface area contributed by atoms with Crippen LogP contribution < -0.4 is 19.7 Å². The summed E-state index contributed by atoms with van der Waals surface area (Å²) in [5, 5.41) is 5.00. The Morgan fingerprint density at radius 1 is 1.10 bits per heavy atom. The Kier molecular flexibility index (Phi) is 5.11. The Labute approximate surface area is 184 Å². The van der Waals surface area contributed by atoms with Crippen molar-refractivity contribution in [3.05, 3.63) is 70.4 Å². The Morgan fingerprint density at radius 3 is 2.68 bits per heavy atom. The van der Waals surface area contributed by atoms with Crippen LogP contribution >= 0.6 is 11.3 Å². The molecular formula is C24H22N2O4S. The molecule has 0 unspecified atom stereocenters. The smallest absolute Gasteiger partial charge is 0.231 e. The molecule has 31 heavy (non-hydrogen) atoms. The molecule has 1 saturated heterocycles. The number of nitrogens with zero attached hydrogens (tertiary/aromatic N) is 1. The van der Waals surface area contributed by atoms with Gasteiger partial charge in [0.2, 0.25) is 18.6 Å². The van der Waals surface area contributed by atoms with Crippen molar-refractivity contribution in [2.45, 2.75) is 25.8 Å². The van der Waals surface area contributed by atoms with Crippen molar-refractivity contribution in [3.8, 4) is 11.5 Å². The lowest BCUT2D eigenvalue weighted by Gasteiger charge is -2.40. The number of benzene rings is 2. The minimum atomic E-state index is -0.372. The van der Waals surface area contributed by atoms with Crippen molar-refractivity contribution < 1.29 is 19.1 Å². The van der Waals surface area contributed by atoms with Crippen molar-refractivity contribution in [1.82, 2.24) is 0 Å². The summed E-state index contributed by atoms with van der Waals surface area (Å²) in [6.45, 7) is 2.20. The van der Waals surface area contributed by atoms with Crippen LogP contribution in [0.1, 0.15) is 29.3 Å². The average Bonchev–Trinajstić information content (AvgIpc) is 3.46. The van der Waals surface area contributed by atoms with E-state index >= 15 is 0 Å². The SMILES string of the molecule is Cc1ccc(N2C(=O)CC[C@H](C(=O)Nc3ccc4c(c3)OCO4)[C@H]2c2cccs2)cc1. The second kappa shape index (κ2) is 8.07. The highest BCUT2D eigenvalue weighted by Crippen LogP contribution is 2.42. The Bertz CT molecular complexity index is 1110. The zero-order valence-electron chi connectivity index (χ0n) is 17.0. The van der Waals surface area contributed by atoms with E-state index < -0.39 is 0 Å². The number of piperidine rings is 1. The number of fused-ring (bicyclic) bond motifs is 1. The number of rotatable bonds is 4. The van der Waals surface area contributed by atoms with Gasteiger partial charge >= 0.3 is 0 Å². The van der Waals surface area contributed by atoms with E-state index in [1.165, 1.54) is 0 Å². The summed E-state index contributed by atoms with van der Waals surface area (Å²) in [5.74, 6) is 0.843. The predicted molar refractivity (Wildman–Crippen MR) is 120 cm³/mol. The standard InChI is InChI=1S/C24H22N2O4S/c1-15-4-7-17(8-5-15)26-22(27)11-9-18(23(26)21-3-2-12-31-21)24(28)25-16-6-10-19-20(13-16)30-14-29-19/h2-8,10,12-13,18,23H,9,11,14H2,1H3,(H,25,28)/t18-,23-/m0/s1. The highest BCUT2D eigenvalue weighted by molar-refractivity contribution is 7.10. The largest absolute Gasteiger partial charge is 0.454 e. The first kappa shape index (κ1) is 19.6. The van der Waals surface area contributed by atoms with E-state index in [4.69, 9.17) is 9.47 Å². The second-order valence-electron chi connectivity index (χ2n) is 7.76. The zero-order chi connectivity index (χ0) is 21.4. The fourth-order valence-corrected chi connectivity index (χ4v) is 5.05. The molecule has 0 radical (unpaired) electrons. The van der Waals surface area contributed by atoms with Crippen LogP contribution in [-0.2, 0) is 9.59 Å². The number of carbonyl (C=O) groups excluding carboxylic acids is 2. The summed E-state index contributed by atoms with van der Waals surface area (Å²) < 4.78 is 10.8. The molecular weight excluding hydrogens is 412 g/mol. The van der Waals surface area contributed by atoms with Gasteiger partial charge in [-0.3, -0.25) is 9.59 Å². The molecule has 5 rings (SSSR count). The van der Waals surface area contributed by atoms with Crippen LogP contribution in [0.2, 0.25) is 0 Å². The molecule has 158 valence electrons. The Morgan fingerprint density at radius 2 is 1.90 bits per heavy atom. The molecule has 2 amide bonds. The molecule has 1 fully saturated rings. The normalized spacial score (nSPS) is 20.0. The molecule has 3 heterocycles. The fourth-order valence-electron chi connectivity index (χ4n) is 4.17. The quantitative estimate of drug-likeness (QED) is 0.634. The fraction of sp³-hybridized carbons (Fsp3) is 0.250. The number of thiophene rings is 1. The van der Waals surface area contributed by atoms with Crippen LogP contribution in [0, 0.1) is 12.8 Å². The van der Waals surface area contributed by atoms with Crippen LogP contribution in [0.4, 0.5) is 11.4 Å². The molecule has 3 aromatic rings. The van der Waals surface area contributed by atoms with E-state index in [2.05, 4.69) is 5.32 Å². The average molecular weight is 435 g/mol. The lowest BCUT2D eigenvalue weighted by molar-refractivity contribution is -0.125. The number of hydrogen-bond donors (Lipinski definition) is 1. The van der Waals surface area contributed by atoms with E-state index in [0.717, 1.165) is 16.1 Å². The molecule has 2 aliphatic heterocycles. The highest BCUT2D eigenvalue weighted by atomic mass is 32.1. The summed E-state index contributed by atoms with van der Waals surface area (Å²) in [4.78, 5) is 29.2. The van der Waals surface area contributed by atoms with E-state index in [-0.39, 0.29) is 30.6 Å². The number of hydrogen-bond acceptors (Lipinski definition) is 5. The van der Waals surface area contributed by atoms with E-state index in [1.807, 2.05) is 48.7 Å². The molecule has 2 atom stereocenters. The molecule has 1 N–H and O–H groups in total. The predicted octanol–water partition coefficient (Wildman–Crippen LogP) is 4.91. The molecule has 7 heteroatoms. The summed E-state index contributed by atoms with van der Waals surface area (Å²) in [6, 6.07) is 16.8. The lowest BCUT2D eigenvalue weighted by atomic mass is 9.86. The third-order valence-corrected chi connectivity index (χ3v) is 6.66. The monoisotopic (exact) mass is 434 g/mol. The van der Waals surface area contributed by atoms with Crippen LogP contribution in [0.3, 0.4) is 0 Å². The minimum absolute atomic E-state index is 0.0365. The van der Waals surface area contributed by atoms with Gasteiger partial charge in [-0.1, -0.05) is 23.8 Å². The number of ether oxygens (including phenoxy) is 2. The van der Waals surface area contributed by atoms with Crippen LogP contribution in [-0.4, -0.2) is 18.6 Å². The lowest BCUT2D eigenvalue weighted by Crippen LogP contribution is -2.46. The minimum Gasteiger partial charge on any atom is -0.454 e. The third kappa shape index (κ3) is 3.77. The first-order valence-corrected chi connectivity index (χ1v) is 11.1. The number of carbonyl (C=O) groups is 2. The molecule has 2 aliphatic rings. The van der Waals surface area contributed by atoms with Crippen molar-refractivity contribution in [3.63, 3.8) is 0 Å². The van der Waals surface area contributed by atoms with Crippen LogP contribution in [0.25, 0.3) is 0 Å². The van der Waals surface area contributed by atoms with E-state index in [9.17, 15) is 9.59 Å². The van der Waals surface area contributed by atoms with Gasteiger partial charge in [-0.2, -0.15) is 0 Å². The maximum atomic E-state index is 13.4. The number of nitrogens with one attached hydrogen (secondary N) is 1. The van der Waals surface area contributed by atoms with E-state index in [0.29, 0.717) is 30.0 Å². The Balaban J connectivity index is 1.47. The molecule has 0 bridgehead atoms. The van der Waals surface area contributed by atoms with Crippen LogP contribution in [0.5, 0.6) is 11.5 Å².